The van der Waals surface area contributed by atoms with E-state index < -0.39 is 0 Å². The van der Waals surface area contributed by atoms with Crippen molar-refractivity contribution in [1.29, 1.82) is 0 Å². The molecule has 0 radical (unpaired) electrons. The fraction of sp³-hybridized carbons (Fsp3) is 1.00. The molecule has 2 N–H and O–H groups in total. The van der Waals surface area contributed by atoms with E-state index in [0.29, 0.717) is 18.1 Å². The summed E-state index contributed by atoms with van der Waals surface area (Å²) in [6.07, 6.45) is 4.90. The molecule has 17 heavy (non-hydrogen) atoms. The van der Waals surface area contributed by atoms with Crippen molar-refractivity contribution in [2.24, 2.45) is 11.3 Å². The lowest BCUT2D eigenvalue weighted by Crippen LogP contribution is -2.63. The van der Waals surface area contributed by atoms with Crippen LogP contribution in [0.4, 0.5) is 0 Å². The van der Waals surface area contributed by atoms with Crippen molar-refractivity contribution in [2.45, 2.75) is 64.7 Å². The zero-order chi connectivity index (χ0) is 12.5. The molecule has 0 spiro atoms. The molecule has 2 aliphatic rings. The number of ether oxygens (including phenoxy) is 1. The van der Waals surface area contributed by atoms with Gasteiger partial charge >= 0.3 is 0 Å². The van der Waals surface area contributed by atoms with Crippen LogP contribution in [-0.4, -0.2) is 36.5 Å². The maximum atomic E-state index is 9.88. The summed E-state index contributed by atoms with van der Waals surface area (Å²) in [6.45, 7) is 8.16. The number of hydrogen-bond acceptors (Lipinski definition) is 3. The topological polar surface area (TPSA) is 41.5 Å². The second-order valence-electron chi connectivity index (χ2n) is 5.90. The maximum absolute atomic E-state index is 9.88. The fourth-order valence-corrected chi connectivity index (χ4v) is 2.98. The molecule has 0 amide bonds. The number of hydrogen-bond donors (Lipinski definition) is 2. The minimum Gasteiger partial charge on any atom is -0.392 e. The molecule has 0 aliphatic heterocycles. The Morgan fingerprint density at radius 3 is 2.65 bits per heavy atom. The highest BCUT2D eigenvalue weighted by Crippen LogP contribution is 2.46. The van der Waals surface area contributed by atoms with Crippen LogP contribution >= 0.6 is 0 Å². The van der Waals surface area contributed by atoms with Crippen molar-refractivity contribution in [1.82, 2.24) is 5.32 Å². The van der Waals surface area contributed by atoms with E-state index >= 15 is 0 Å². The summed E-state index contributed by atoms with van der Waals surface area (Å²) < 4.78 is 5.78. The predicted octanol–water partition coefficient (Wildman–Crippen LogP) is 1.94. The Morgan fingerprint density at radius 1 is 1.41 bits per heavy atom. The molecule has 0 aromatic carbocycles. The minimum atomic E-state index is -0.137. The average molecular weight is 241 g/mol. The lowest BCUT2D eigenvalue weighted by molar-refractivity contribution is -0.127. The fourth-order valence-electron chi connectivity index (χ4n) is 2.98. The van der Waals surface area contributed by atoms with Crippen LogP contribution < -0.4 is 5.32 Å². The number of aliphatic hydroxyl groups is 1. The van der Waals surface area contributed by atoms with Gasteiger partial charge < -0.3 is 15.2 Å². The lowest BCUT2D eigenvalue weighted by Gasteiger charge is -2.54. The van der Waals surface area contributed by atoms with E-state index in [1.54, 1.807) is 0 Å². The smallest absolute Gasteiger partial charge is 0.0692 e. The first-order chi connectivity index (χ1) is 8.11. The van der Waals surface area contributed by atoms with Gasteiger partial charge in [-0.15, -0.1) is 0 Å². The number of aliphatic hydroxyl groups excluding tert-OH is 1. The standard InChI is InChI=1S/C14H27NO2/c1-4-14(3)12(8-13(14)17-5-2)15-9-11(16)10-6-7-10/h10-13,15-16H,4-9H2,1-3H3. The Labute approximate surface area is 105 Å². The van der Waals surface area contributed by atoms with E-state index in [2.05, 4.69) is 26.1 Å². The normalized spacial score (nSPS) is 38.8. The molecule has 4 atom stereocenters. The van der Waals surface area contributed by atoms with Crippen molar-refractivity contribution < 1.29 is 9.84 Å². The first-order valence-electron chi connectivity index (χ1n) is 7.14. The van der Waals surface area contributed by atoms with Crippen molar-refractivity contribution >= 4 is 0 Å². The first kappa shape index (κ1) is 13.3. The van der Waals surface area contributed by atoms with Crippen LogP contribution in [0.2, 0.25) is 0 Å². The molecule has 0 heterocycles. The number of nitrogens with one attached hydrogen (secondary N) is 1. The van der Waals surface area contributed by atoms with Gasteiger partial charge in [0.2, 0.25) is 0 Å². The van der Waals surface area contributed by atoms with Crippen LogP contribution in [-0.2, 0) is 4.74 Å². The second-order valence-corrected chi connectivity index (χ2v) is 5.90. The second kappa shape index (κ2) is 5.25. The summed E-state index contributed by atoms with van der Waals surface area (Å²) in [6, 6.07) is 0.512. The Morgan fingerprint density at radius 2 is 2.12 bits per heavy atom. The van der Waals surface area contributed by atoms with Gasteiger partial charge in [-0.3, -0.25) is 0 Å². The maximum Gasteiger partial charge on any atom is 0.0692 e. The Kier molecular flexibility index (Phi) is 4.11. The third-order valence-electron chi connectivity index (χ3n) is 4.85. The molecule has 3 nitrogen and oxygen atoms in total. The summed E-state index contributed by atoms with van der Waals surface area (Å²) in [5.41, 5.74) is 0.249. The first-order valence-corrected chi connectivity index (χ1v) is 7.14. The highest BCUT2D eigenvalue weighted by atomic mass is 16.5. The van der Waals surface area contributed by atoms with E-state index in [1.165, 1.54) is 12.8 Å². The van der Waals surface area contributed by atoms with E-state index in [1.807, 2.05) is 0 Å². The van der Waals surface area contributed by atoms with Crippen molar-refractivity contribution in [3.8, 4) is 0 Å². The van der Waals surface area contributed by atoms with Gasteiger partial charge in [-0.2, -0.15) is 0 Å². The van der Waals surface area contributed by atoms with E-state index in [4.69, 9.17) is 4.74 Å². The van der Waals surface area contributed by atoms with Gasteiger partial charge in [0.15, 0.2) is 0 Å². The minimum absolute atomic E-state index is 0.137. The Bertz CT molecular complexity index is 255. The van der Waals surface area contributed by atoms with Gasteiger partial charge in [0.05, 0.1) is 12.2 Å². The van der Waals surface area contributed by atoms with Gasteiger partial charge in [0.25, 0.3) is 0 Å². The van der Waals surface area contributed by atoms with Gasteiger partial charge in [-0.25, -0.2) is 0 Å². The van der Waals surface area contributed by atoms with Gasteiger partial charge in [0.1, 0.15) is 0 Å². The number of rotatable bonds is 7. The molecule has 0 bridgehead atoms. The molecule has 2 rings (SSSR count). The zero-order valence-corrected chi connectivity index (χ0v) is 11.4. The summed E-state index contributed by atoms with van der Waals surface area (Å²) in [5, 5.41) is 13.4. The van der Waals surface area contributed by atoms with Crippen molar-refractivity contribution in [2.75, 3.05) is 13.2 Å². The van der Waals surface area contributed by atoms with E-state index in [0.717, 1.165) is 26.0 Å². The van der Waals surface area contributed by atoms with Crippen LogP contribution in [0, 0.1) is 11.3 Å². The molecule has 2 fully saturated rings. The SMILES string of the molecule is CCOC1CC(NCC(O)C2CC2)C1(C)CC. The van der Waals surface area contributed by atoms with Crippen LogP contribution in [0.25, 0.3) is 0 Å². The van der Waals surface area contributed by atoms with Crippen LogP contribution in [0.1, 0.15) is 46.5 Å². The monoisotopic (exact) mass is 241 g/mol. The molecular weight excluding hydrogens is 214 g/mol. The van der Waals surface area contributed by atoms with Crippen molar-refractivity contribution in [3.63, 3.8) is 0 Å². The molecule has 2 aliphatic carbocycles. The third kappa shape index (κ3) is 2.67. The van der Waals surface area contributed by atoms with E-state index in [-0.39, 0.29) is 11.5 Å². The van der Waals surface area contributed by atoms with Gasteiger partial charge in [-0.1, -0.05) is 13.8 Å². The summed E-state index contributed by atoms with van der Waals surface area (Å²) in [4.78, 5) is 0. The van der Waals surface area contributed by atoms with Crippen LogP contribution in [0.3, 0.4) is 0 Å². The highest BCUT2D eigenvalue weighted by Gasteiger charge is 2.51. The van der Waals surface area contributed by atoms with Crippen molar-refractivity contribution in [3.05, 3.63) is 0 Å². The molecule has 0 saturated heterocycles. The van der Waals surface area contributed by atoms with Crippen LogP contribution in [0.5, 0.6) is 0 Å². The molecule has 4 unspecified atom stereocenters. The zero-order valence-electron chi connectivity index (χ0n) is 11.4. The lowest BCUT2D eigenvalue weighted by atomic mass is 9.61. The molecule has 0 aromatic rings. The Balaban J connectivity index is 1.77. The van der Waals surface area contributed by atoms with Crippen LogP contribution in [0.15, 0.2) is 0 Å². The summed E-state index contributed by atoms with van der Waals surface area (Å²) in [5.74, 6) is 0.568. The van der Waals surface area contributed by atoms with Gasteiger partial charge in [0, 0.05) is 24.6 Å². The molecule has 3 heteroatoms. The summed E-state index contributed by atoms with van der Waals surface area (Å²) >= 11 is 0. The largest absolute Gasteiger partial charge is 0.392 e. The van der Waals surface area contributed by atoms with E-state index in [9.17, 15) is 5.11 Å². The third-order valence-corrected chi connectivity index (χ3v) is 4.85. The van der Waals surface area contributed by atoms with Gasteiger partial charge in [-0.05, 0) is 38.5 Å². The molecular formula is C14H27NO2. The quantitative estimate of drug-likeness (QED) is 0.716. The summed E-state index contributed by atoms with van der Waals surface area (Å²) in [7, 11) is 0. The molecule has 0 aromatic heterocycles. The molecule has 100 valence electrons. The highest BCUT2D eigenvalue weighted by molar-refractivity contribution is 5.05. The Hall–Kier alpha value is -0.120. The molecule has 2 saturated carbocycles. The average Bonchev–Trinajstić information content (AvgIpc) is 3.15. The predicted molar refractivity (Wildman–Crippen MR) is 69.0 cm³/mol.